The van der Waals surface area contributed by atoms with Crippen LogP contribution in [0.1, 0.15) is 35.6 Å². The number of methoxy groups -OCH3 is 1. The van der Waals surface area contributed by atoms with E-state index < -0.39 is 0 Å². The molecule has 2 aromatic rings. The number of ether oxygens (including phenoxy) is 2. The predicted molar refractivity (Wildman–Crippen MR) is 102 cm³/mol. The standard InChI is InChI=1S/C21H26N2O4/c1-13-4-6-18(8-14(13)2)27-12-19(25)23-21(16-9-17(24)10-16)15-5-7-20(26-3)22-11-15/h4-8,11,16-17,21,24H,9-10,12H2,1-3H3,(H,23,25)/t16?,17?,21-/m1/s1. The first-order chi connectivity index (χ1) is 13.0. The summed E-state index contributed by atoms with van der Waals surface area (Å²) in [4.78, 5) is 16.7. The zero-order valence-electron chi connectivity index (χ0n) is 15.9. The number of benzene rings is 1. The van der Waals surface area contributed by atoms with E-state index in [4.69, 9.17) is 9.47 Å². The molecule has 1 amide bonds. The molecule has 2 N–H and O–H groups in total. The van der Waals surface area contributed by atoms with Crippen LogP contribution in [0.4, 0.5) is 0 Å². The summed E-state index contributed by atoms with van der Waals surface area (Å²) in [6.07, 6.45) is 2.73. The molecule has 1 heterocycles. The van der Waals surface area contributed by atoms with Crippen molar-refractivity contribution < 1.29 is 19.4 Å². The van der Waals surface area contributed by atoms with Crippen molar-refractivity contribution in [2.24, 2.45) is 5.92 Å². The van der Waals surface area contributed by atoms with Crippen LogP contribution in [0.15, 0.2) is 36.5 Å². The third-order valence-electron chi connectivity index (χ3n) is 5.11. The van der Waals surface area contributed by atoms with Crippen LogP contribution < -0.4 is 14.8 Å². The maximum Gasteiger partial charge on any atom is 0.258 e. The third kappa shape index (κ3) is 4.77. The SMILES string of the molecule is COc1ccc([C@@H](NC(=O)COc2ccc(C)c(C)c2)C2CC(O)C2)cn1. The molecule has 3 rings (SSSR count). The lowest BCUT2D eigenvalue weighted by Crippen LogP contribution is -2.42. The van der Waals surface area contributed by atoms with Crippen LogP contribution in [0.2, 0.25) is 0 Å². The lowest BCUT2D eigenvalue weighted by Gasteiger charge is -2.38. The van der Waals surface area contributed by atoms with Crippen molar-refractivity contribution in [2.75, 3.05) is 13.7 Å². The molecule has 0 aliphatic heterocycles. The maximum atomic E-state index is 12.5. The Morgan fingerprint density at radius 2 is 2.04 bits per heavy atom. The number of nitrogens with one attached hydrogen (secondary N) is 1. The van der Waals surface area contributed by atoms with Gasteiger partial charge in [-0.05, 0) is 61.4 Å². The molecule has 1 aromatic heterocycles. The summed E-state index contributed by atoms with van der Waals surface area (Å²) in [5, 5.41) is 12.7. The molecule has 1 saturated carbocycles. The molecule has 27 heavy (non-hydrogen) atoms. The Hall–Kier alpha value is -2.60. The molecular weight excluding hydrogens is 344 g/mol. The predicted octanol–water partition coefficient (Wildman–Crippen LogP) is 2.71. The highest BCUT2D eigenvalue weighted by atomic mass is 16.5. The number of aliphatic hydroxyl groups excluding tert-OH is 1. The van der Waals surface area contributed by atoms with Gasteiger partial charge >= 0.3 is 0 Å². The van der Waals surface area contributed by atoms with Crippen LogP contribution in [-0.2, 0) is 4.79 Å². The van der Waals surface area contributed by atoms with Crippen molar-refractivity contribution in [3.63, 3.8) is 0 Å². The summed E-state index contributed by atoms with van der Waals surface area (Å²) in [6, 6.07) is 9.23. The van der Waals surface area contributed by atoms with Gasteiger partial charge in [-0.1, -0.05) is 12.1 Å². The molecule has 6 heteroatoms. The second-order valence-corrected chi connectivity index (χ2v) is 7.10. The molecule has 1 aliphatic carbocycles. The van der Waals surface area contributed by atoms with Gasteiger partial charge in [0.25, 0.3) is 5.91 Å². The molecule has 0 radical (unpaired) electrons. The van der Waals surface area contributed by atoms with Gasteiger partial charge < -0.3 is 19.9 Å². The second-order valence-electron chi connectivity index (χ2n) is 7.10. The molecule has 1 aliphatic rings. The first-order valence-corrected chi connectivity index (χ1v) is 9.13. The van der Waals surface area contributed by atoms with E-state index >= 15 is 0 Å². The van der Waals surface area contributed by atoms with Crippen molar-refractivity contribution in [3.8, 4) is 11.6 Å². The highest BCUT2D eigenvalue weighted by Crippen LogP contribution is 2.38. The van der Waals surface area contributed by atoms with Gasteiger partial charge in [0.2, 0.25) is 5.88 Å². The Balaban J connectivity index is 1.63. The summed E-state index contributed by atoms with van der Waals surface area (Å²) in [6.45, 7) is 3.99. The summed E-state index contributed by atoms with van der Waals surface area (Å²) in [5.41, 5.74) is 3.20. The zero-order valence-corrected chi connectivity index (χ0v) is 15.9. The molecular formula is C21H26N2O4. The lowest BCUT2D eigenvalue weighted by molar-refractivity contribution is -0.125. The number of carbonyl (C=O) groups is 1. The number of amides is 1. The number of aromatic nitrogens is 1. The molecule has 1 fully saturated rings. The Morgan fingerprint density at radius 1 is 1.26 bits per heavy atom. The summed E-state index contributed by atoms with van der Waals surface area (Å²) >= 11 is 0. The van der Waals surface area contributed by atoms with Crippen molar-refractivity contribution in [1.82, 2.24) is 10.3 Å². The van der Waals surface area contributed by atoms with E-state index in [0.29, 0.717) is 24.5 Å². The minimum absolute atomic E-state index is 0.0577. The third-order valence-corrected chi connectivity index (χ3v) is 5.11. The number of rotatable bonds is 7. The Bertz CT molecular complexity index is 785. The van der Waals surface area contributed by atoms with Gasteiger partial charge in [-0.3, -0.25) is 4.79 Å². The number of carbonyl (C=O) groups excluding carboxylic acids is 1. The van der Waals surface area contributed by atoms with Crippen LogP contribution in [-0.4, -0.2) is 35.8 Å². The average Bonchev–Trinajstić information content (AvgIpc) is 2.65. The van der Waals surface area contributed by atoms with Gasteiger partial charge in [0, 0.05) is 12.3 Å². The fraction of sp³-hybridized carbons (Fsp3) is 0.429. The molecule has 0 spiro atoms. The van der Waals surface area contributed by atoms with Crippen molar-refractivity contribution in [1.29, 1.82) is 0 Å². The highest BCUT2D eigenvalue weighted by molar-refractivity contribution is 5.78. The molecule has 144 valence electrons. The van der Waals surface area contributed by atoms with Crippen molar-refractivity contribution in [2.45, 2.75) is 38.8 Å². The normalized spacial score (nSPS) is 19.7. The summed E-state index contributed by atoms with van der Waals surface area (Å²) in [5.74, 6) is 1.18. The van der Waals surface area contributed by atoms with Gasteiger partial charge in [0.05, 0.1) is 19.3 Å². The van der Waals surface area contributed by atoms with E-state index in [2.05, 4.69) is 10.3 Å². The second kappa shape index (κ2) is 8.39. The van der Waals surface area contributed by atoms with Gasteiger partial charge in [-0.2, -0.15) is 0 Å². The summed E-state index contributed by atoms with van der Waals surface area (Å²) in [7, 11) is 1.56. The molecule has 0 unspecified atom stereocenters. The minimum atomic E-state index is -0.299. The smallest absolute Gasteiger partial charge is 0.258 e. The van der Waals surface area contributed by atoms with E-state index in [1.807, 2.05) is 38.1 Å². The van der Waals surface area contributed by atoms with Crippen LogP contribution in [0.5, 0.6) is 11.6 Å². The van der Waals surface area contributed by atoms with Gasteiger partial charge in [0.1, 0.15) is 5.75 Å². The maximum absolute atomic E-state index is 12.5. The molecule has 0 saturated heterocycles. The minimum Gasteiger partial charge on any atom is -0.484 e. The number of hydrogen-bond acceptors (Lipinski definition) is 5. The van der Waals surface area contributed by atoms with Crippen LogP contribution >= 0.6 is 0 Å². The largest absolute Gasteiger partial charge is 0.484 e. The first-order valence-electron chi connectivity index (χ1n) is 9.13. The van der Waals surface area contributed by atoms with E-state index in [0.717, 1.165) is 11.1 Å². The fourth-order valence-electron chi connectivity index (χ4n) is 3.24. The average molecular weight is 370 g/mol. The number of aryl methyl sites for hydroxylation is 2. The Labute approximate surface area is 159 Å². The summed E-state index contributed by atoms with van der Waals surface area (Å²) < 4.78 is 10.7. The van der Waals surface area contributed by atoms with E-state index in [-0.39, 0.29) is 30.6 Å². The quantitative estimate of drug-likeness (QED) is 0.783. The van der Waals surface area contributed by atoms with E-state index in [1.165, 1.54) is 5.56 Å². The number of hydrogen-bond donors (Lipinski definition) is 2. The number of pyridine rings is 1. The molecule has 0 bridgehead atoms. The van der Waals surface area contributed by atoms with Crippen molar-refractivity contribution >= 4 is 5.91 Å². The fourth-order valence-corrected chi connectivity index (χ4v) is 3.24. The molecule has 6 nitrogen and oxygen atoms in total. The van der Waals surface area contributed by atoms with Crippen LogP contribution in [0, 0.1) is 19.8 Å². The van der Waals surface area contributed by atoms with Gasteiger partial charge in [-0.25, -0.2) is 4.98 Å². The molecule has 1 aromatic carbocycles. The number of aliphatic hydroxyl groups is 1. The van der Waals surface area contributed by atoms with Crippen LogP contribution in [0.3, 0.4) is 0 Å². The Morgan fingerprint density at radius 3 is 2.63 bits per heavy atom. The van der Waals surface area contributed by atoms with E-state index in [1.54, 1.807) is 19.4 Å². The van der Waals surface area contributed by atoms with E-state index in [9.17, 15) is 9.90 Å². The first kappa shape index (κ1) is 19.2. The Kier molecular flexibility index (Phi) is 5.96. The van der Waals surface area contributed by atoms with Gasteiger partial charge in [-0.15, -0.1) is 0 Å². The lowest BCUT2D eigenvalue weighted by atomic mass is 9.75. The number of nitrogens with zero attached hydrogens (tertiary/aromatic N) is 1. The van der Waals surface area contributed by atoms with Gasteiger partial charge in [0.15, 0.2) is 6.61 Å². The zero-order chi connectivity index (χ0) is 19.4. The topological polar surface area (TPSA) is 80.7 Å². The molecule has 1 atom stereocenters. The monoisotopic (exact) mass is 370 g/mol. The van der Waals surface area contributed by atoms with Crippen LogP contribution in [0.25, 0.3) is 0 Å². The highest BCUT2D eigenvalue weighted by Gasteiger charge is 2.35. The van der Waals surface area contributed by atoms with Crippen molar-refractivity contribution in [3.05, 3.63) is 53.2 Å².